The summed E-state index contributed by atoms with van der Waals surface area (Å²) in [5.74, 6) is -4.47. The molecule has 0 bridgehead atoms. The number of rotatable bonds is 5. The Kier molecular flexibility index (Phi) is 6.73. The van der Waals surface area contributed by atoms with Gasteiger partial charge in [0, 0.05) is 48.8 Å². The Bertz CT molecular complexity index is 1640. The van der Waals surface area contributed by atoms with Gasteiger partial charge in [-0.05, 0) is 31.2 Å². The summed E-state index contributed by atoms with van der Waals surface area (Å²) in [6.07, 6.45) is -10.5. The van der Waals surface area contributed by atoms with Gasteiger partial charge >= 0.3 is 18.3 Å². The molecule has 41 heavy (non-hydrogen) atoms. The molecule has 4 aromatic rings. The van der Waals surface area contributed by atoms with Crippen molar-refractivity contribution in [1.82, 2.24) is 14.4 Å². The van der Waals surface area contributed by atoms with Crippen LogP contribution >= 0.6 is 0 Å². The van der Waals surface area contributed by atoms with Crippen molar-refractivity contribution in [3.63, 3.8) is 0 Å². The summed E-state index contributed by atoms with van der Waals surface area (Å²) >= 11 is 0. The number of hydrogen-bond donors (Lipinski definition) is 2. The predicted molar refractivity (Wildman–Crippen MR) is 132 cm³/mol. The number of alkyl halides is 8. The first-order chi connectivity index (χ1) is 19.0. The third-order valence-electron chi connectivity index (χ3n) is 6.91. The van der Waals surface area contributed by atoms with E-state index in [1.807, 2.05) is 0 Å². The standard InChI is InChI=1S/C26H21F8N5O2/c1-13(35-18-5-3-2-4-15(18)22(40)41)16-10-14(25(29,30)31)11-17-20(16)37-23(38-8-6-24(27,28)7-9-38)39-12-19(26(32,33)34)36-21(17)39/h2-5,10-13,35H,6-9H2,1H3,(H,40,41)/t13-/m1/s1. The molecule has 1 aliphatic rings. The van der Waals surface area contributed by atoms with Crippen LogP contribution in [0.3, 0.4) is 0 Å². The van der Waals surface area contributed by atoms with E-state index in [-0.39, 0.29) is 46.8 Å². The molecule has 0 amide bonds. The summed E-state index contributed by atoms with van der Waals surface area (Å²) < 4.78 is 112. The molecule has 0 unspecified atom stereocenters. The van der Waals surface area contributed by atoms with Crippen LogP contribution in [0.1, 0.15) is 53.0 Å². The zero-order chi connectivity index (χ0) is 29.9. The first-order valence-electron chi connectivity index (χ1n) is 12.3. The van der Waals surface area contributed by atoms with Crippen molar-refractivity contribution in [1.29, 1.82) is 0 Å². The molecule has 15 heteroatoms. The minimum absolute atomic E-state index is 0.0813. The molecule has 2 N–H and O–H groups in total. The first kappa shape index (κ1) is 28.4. The molecule has 1 atom stereocenters. The Labute approximate surface area is 226 Å². The minimum atomic E-state index is -4.95. The van der Waals surface area contributed by atoms with Gasteiger partial charge < -0.3 is 15.3 Å². The average molecular weight is 587 g/mol. The second-order valence-corrected chi connectivity index (χ2v) is 9.75. The number of aromatic nitrogens is 3. The van der Waals surface area contributed by atoms with Gasteiger partial charge in [-0.1, -0.05) is 12.1 Å². The monoisotopic (exact) mass is 587 g/mol. The predicted octanol–water partition coefficient (Wildman–Crippen LogP) is 7.03. The molecule has 0 spiro atoms. The van der Waals surface area contributed by atoms with Crippen molar-refractivity contribution in [2.24, 2.45) is 0 Å². The molecular formula is C26H21F8N5O2. The molecule has 218 valence electrons. The van der Waals surface area contributed by atoms with Gasteiger partial charge in [0.25, 0.3) is 5.92 Å². The molecule has 2 aromatic carbocycles. The van der Waals surface area contributed by atoms with Gasteiger partial charge in [-0.25, -0.2) is 23.5 Å². The summed E-state index contributed by atoms with van der Waals surface area (Å²) in [7, 11) is 0. The summed E-state index contributed by atoms with van der Waals surface area (Å²) in [5, 5.41) is 12.0. The quantitative estimate of drug-likeness (QED) is 0.244. The lowest BCUT2D eigenvalue weighted by atomic mass is 9.99. The van der Waals surface area contributed by atoms with E-state index in [0.29, 0.717) is 12.3 Å². The molecule has 5 rings (SSSR count). The molecule has 0 radical (unpaired) electrons. The van der Waals surface area contributed by atoms with Crippen LogP contribution in [0, 0.1) is 0 Å². The Morgan fingerprint density at radius 3 is 2.29 bits per heavy atom. The summed E-state index contributed by atoms with van der Waals surface area (Å²) in [6.45, 7) is 0.902. The lowest BCUT2D eigenvalue weighted by Crippen LogP contribution is -2.40. The number of aromatic carboxylic acids is 1. The zero-order valence-electron chi connectivity index (χ0n) is 21.1. The summed E-state index contributed by atoms with van der Waals surface area (Å²) in [4.78, 5) is 21.0. The number of para-hydroxylation sites is 1. The number of imidazole rings is 1. The molecule has 2 aromatic heterocycles. The van der Waals surface area contributed by atoms with Crippen molar-refractivity contribution in [2.75, 3.05) is 23.3 Å². The number of benzene rings is 2. The van der Waals surface area contributed by atoms with Gasteiger partial charge in [0.2, 0.25) is 5.95 Å². The number of carboxylic acids is 1. The number of carboxylic acid groups (broad SMARTS) is 1. The second-order valence-electron chi connectivity index (χ2n) is 9.75. The Balaban J connectivity index is 1.77. The van der Waals surface area contributed by atoms with Crippen molar-refractivity contribution >= 4 is 34.2 Å². The maximum atomic E-state index is 14.0. The van der Waals surface area contributed by atoms with Gasteiger partial charge in [0.05, 0.1) is 22.7 Å². The normalized spacial score (nSPS) is 16.8. The van der Waals surface area contributed by atoms with Crippen molar-refractivity contribution in [3.05, 3.63) is 65.0 Å². The van der Waals surface area contributed by atoms with E-state index in [2.05, 4.69) is 15.3 Å². The van der Waals surface area contributed by atoms with E-state index in [1.54, 1.807) is 0 Å². The lowest BCUT2D eigenvalue weighted by molar-refractivity contribution is -0.141. The fourth-order valence-electron chi connectivity index (χ4n) is 4.82. The van der Waals surface area contributed by atoms with Crippen LogP contribution < -0.4 is 10.2 Å². The highest BCUT2D eigenvalue weighted by Crippen LogP contribution is 2.40. The number of fused-ring (bicyclic) bond motifs is 3. The van der Waals surface area contributed by atoms with Crippen LogP contribution in [0.25, 0.3) is 16.6 Å². The van der Waals surface area contributed by atoms with Gasteiger partial charge in [-0.3, -0.25) is 4.40 Å². The first-order valence-corrected chi connectivity index (χ1v) is 12.3. The Morgan fingerprint density at radius 1 is 1.02 bits per heavy atom. The van der Waals surface area contributed by atoms with E-state index in [1.165, 1.54) is 36.1 Å². The SMILES string of the molecule is C[C@@H](Nc1ccccc1C(=O)O)c1cc(C(F)(F)F)cc2c1nc(N1CCC(F)(F)CC1)n1cc(C(F)(F)F)nc21. The number of halogens is 8. The molecule has 1 saturated heterocycles. The second kappa shape index (κ2) is 9.73. The highest BCUT2D eigenvalue weighted by atomic mass is 19.4. The fourth-order valence-corrected chi connectivity index (χ4v) is 4.82. The topological polar surface area (TPSA) is 82.8 Å². The largest absolute Gasteiger partial charge is 0.478 e. The number of piperidine rings is 1. The average Bonchev–Trinajstić information content (AvgIpc) is 3.34. The van der Waals surface area contributed by atoms with E-state index >= 15 is 0 Å². The highest BCUT2D eigenvalue weighted by molar-refractivity contribution is 5.97. The minimum Gasteiger partial charge on any atom is -0.478 e. The fraction of sp³-hybridized carbons (Fsp3) is 0.346. The van der Waals surface area contributed by atoms with E-state index in [0.717, 1.165) is 10.5 Å². The van der Waals surface area contributed by atoms with E-state index in [9.17, 15) is 45.0 Å². The maximum Gasteiger partial charge on any atom is 0.434 e. The highest BCUT2D eigenvalue weighted by Gasteiger charge is 2.39. The molecule has 7 nitrogen and oxygen atoms in total. The summed E-state index contributed by atoms with van der Waals surface area (Å²) in [6, 6.07) is 6.05. The third kappa shape index (κ3) is 5.44. The maximum absolute atomic E-state index is 14.0. The lowest BCUT2D eigenvalue weighted by Gasteiger charge is -2.33. The number of nitrogens with one attached hydrogen (secondary N) is 1. The number of nitrogens with zero attached hydrogens (tertiary/aromatic N) is 4. The van der Waals surface area contributed by atoms with Crippen LogP contribution in [-0.2, 0) is 12.4 Å². The number of hydrogen-bond acceptors (Lipinski definition) is 5. The zero-order valence-corrected chi connectivity index (χ0v) is 21.1. The molecular weight excluding hydrogens is 566 g/mol. The smallest absolute Gasteiger partial charge is 0.434 e. The van der Waals surface area contributed by atoms with Crippen molar-refractivity contribution in [2.45, 2.75) is 44.1 Å². The van der Waals surface area contributed by atoms with Crippen LogP contribution in [0.4, 0.5) is 46.8 Å². The van der Waals surface area contributed by atoms with Crippen molar-refractivity contribution < 1.29 is 45.0 Å². The van der Waals surface area contributed by atoms with Gasteiger partial charge in [0.15, 0.2) is 5.69 Å². The molecule has 0 aliphatic carbocycles. The number of anilines is 2. The van der Waals surface area contributed by atoms with Gasteiger partial charge in [0.1, 0.15) is 5.65 Å². The Morgan fingerprint density at radius 2 is 1.68 bits per heavy atom. The van der Waals surface area contributed by atoms with Crippen molar-refractivity contribution in [3.8, 4) is 0 Å². The van der Waals surface area contributed by atoms with E-state index in [4.69, 9.17) is 0 Å². The molecule has 1 fully saturated rings. The van der Waals surface area contributed by atoms with Crippen LogP contribution in [0.2, 0.25) is 0 Å². The van der Waals surface area contributed by atoms with Crippen LogP contribution in [-0.4, -0.2) is 44.5 Å². The van der Waals surface area contributed by atoms with E-state index < -0.39 is 60.0 Å². The third-order valence-corrected chi connectivity index (χ3v) is 6.91. The van der Waals surface area contributed by atoms with Gasteiger partial charge in [-0.15, -0.1) is 0 Å². The van der Waals surface area contributed by atoms with Crippen LogP contribution in [0.15, 0.2) is 42.6 Å². The van der Waals surface area contributed by atoms with Gasteiger partial charge in [-0.2, -0.15) is 26.3 Å². The molecule has 0 saturated carbocycles. The Hall–Kier alpha value is -4.17. The summed E-state index contributed by atoms with van der Waals surface area (Å²) in [5.41, 5.74) is -3.41. The van der Waals surface area contributed by atoms with Crippen LogP contribution in [0.5, 0.6) is 0 Å². The molecule has 3 heterocycles. The molecule has 1 aliphatic heterocycles. The number of carbonyl (C=O) groups is 1.